The van der Waals surface area contributed by atoms with E-state index in [4.69, 9.17) is 4.55 Å². The van der Waals surface area contributed by atoms with Crippen LogP contribution in [0.2, 0.25) is 0 Å². The fourth-order valence-corrected chi connectivity index (χ4v) is 2.09. The third-order valence-corrected chi connectivity index (χ3v) is 2.55. The average molecular weight is 221 g/mol. The van der Waals surface area contributed by atoms with Crippen LogP contribution in [0.1, 0.15) is 35.0 Å². The van der Waals surface area contributed by atoms with Gasteiger partial charge in [-0.05, 0) is 12.8 Å². The van der Waals surface area contributed by atoms with Crippen molar-refractivity contribution in [3.63, 3.8) is 0 Å². The first kappa shape index (κ1) is 13.1. The van der Waals surface area contributed by atoms with Gasteiger partial charge in [-0.15, -0.1) is 0 Å². The molecule has 4 nitrogen and oxygen atoms in total. The van der Waals surface area contributed by atoms with Crippen LogP contribution < -0.4 is 4.72 Å². The zero-order valence-electron chi connectivity index (χ0n) is 8.99. The van der Waals surface area contributed by atoms with Crippen LogP contribution >= 0.6 is 0 Å². The van der Waals surface area contributed by atoms with Crippen molar-refractivity contribution in [2.75, 3.05) is 0 Å². The molecule has 12 heavy (non-hydrogen) atoms. The van der Waals surface area contributed by atoms with Gasteiger partial charge >= 0.3 is 48.0 Å². The molecule has 1 rings (SSSR count). The van der Waals surface area contributed by atoms with E-state index in [9.17, 15) is 8.42 Å². The summed E-state index contributed by atoms with van der Waals surface area (Å²) >= 11 is 0. The summed E-state index contributed by atoms with van der Waals surface area (Å²) in [6.45, 7) is 0. The third-order valence-electron chi connectivity index (χ3n) is 1.92. The summed E-state index contributed by atoms with van der Waals surface area (Å²) in [5.74, 6) is 0. The van der Waals surface area contributed by atoms with E-state index >= 15 is 0 Å². The summed E-state index contributed by atoms with van der Waals surface area (Å²) < 4.78 is 31.3. The first-order valence-electron chi connectivity index (χ1n) is 3.83. The van der Waals surface area contributed by atoms with E-state index < -0.39 is 10.3 Å². The Bertz CT molecular complexity index is 219. The normalized spacial score (nSPS) is 20.1. The van der Waals surface area contributed by atoms with Gasteiger partial charge in [0.2, 0.25) is 0 Å². The molecule has 0 unspecified atom stereocenters. The smallest absolute Gasteiger partial charge is 1.00 e. The molecule has 1 saturated carbocycles. The molecule has 6 heteroatoms. The van der Waals surface area contributed by atoms with Crippen LogP contribution in [0.5, 0.6) is 0 Å². The molecule has 0 aromatic rings. The maximum atomic E-state index is 10.3. The molecule has 2 N–H and O–H groups in total. The van der Waals surface area contributed by atoms with E-state index in [1.54, 1.807) is 0 Å². The van der Waals surface area contributed by atoms with Crippen molar-refractivity contribution < 1.29 is 15.8 Å². The Morgan fingerprint density at radius 1 is 1.25 bits per heavy atom. The molecule has 1 aliphatic carbocycles. The predicted molar refractivity (Wildman–Crippen MR) is 49.5 cm³/mol. The van der Waals surface area contributed by atoms with E-state index in [1.165, 1.54) is 6.42 Å². The van der Waals surface area contributed by atoms with Gasteiger partial charge in [-0.1, -0.05) is 19.3 Å². The summed E-state index contributed by atoms with van der Waals surface area (Å²) in [5, 5.41) is 0. The van der Waals surface area contributed by atoms with Crippen molar-refractivity contribution in [3.8, 4) is 0 Å². The molecule has 0 aromatic carbocycles. The molecule has 0 bridgehead atoms. The first-order valence-corrected chi connectivity index (χ1v) is 5.27. The molecule has 70 valence electrons. The Hall–Kier alpha value is 1.13. The quantitative estimate of drug-likeness (QED) is 0.529. The van der Waals surface area contributed by atoms with Crippen molar-refractivity contribution in [2.24, 2.45) is 0 Å². The standard InChI is InChI=1S/C6H13NO3S.Ca.2H/c8-11(9,10)7-6-4-2-1-3-5-6;;;/h6-7H,1-5H2,(H,8,9,10);;;/q;+2;2*-1. The van der Waals surface area contributed by atoms with Crippen molar-refractivity contribution >= 4 is 48.0 Å². The minimum Gasteiger partial charge on any atom is -1.00 e. The second-order valence-electron chi connectivity index (χ2n) is 2.93. The van der Waals surface area contributed by atoms with Gasteiger partial charge in [0.25, 0.3) is 0 Å². The third kappa shape index (κ3) is 5.72. The van der Waals surface area contributed by atoms with Gasteiger partial charge in [0.1, 0.15) is 0 Å². The summed E-state index contributed by atoms with van der Waals surface area (Å²) in [7, 11) is -3.97. The maximum absolute atomic E-state index is 10.3. The van der Waals surface area contributed by atoms with Gasteiger partial charge < -0.3 is 2.85 Å². The summed E-state index contributed by atoms with van der Waals surface area (Å²) in [6, 6.07) is -0.0428. The predicted octanol–water partition coefficient (Wildman–Crippen LogP) is 0.556. The zero-order chi connectivity index (χ0) is 8.32. The second kappa shape index (κ2) is 5.78. The van der Waals surface area contributed by atoms with Crippen LogP contribution in [0.15, 0.2) is 0 Å². The number of rotatable bonds is 2. The van der Waals surface area contributed by atoms with Gasteiger partial charge in [-0.25, -0.2) is 0 Å². The zero-order valence-corrected chi connectivity index (χ0v) is 10.0. The molecule has 1 aliphatic rings. The first-order chi connectivity index (χ1) is 5.08. The average Bonchev–Trinajstić information content (AvgIpc) is 1.85. The molecule has 0 saturated heterocycles. The SMILES string of the molecule is O=S(=O)(O)NC1CCCCC1.[Ca+2].[H-].[H-]. The molecule has 0 aromatic heterocycles. The molecule has 0 heterocycles. The summed E-state index contributed by atoms with van der Waals surface area (Å²) in [4.78, 5) is 0. The van der Waals surface area contributed by atoms with Crippen molar-refractivity contribution in [2.45, 2.75) is 38.1 Å². The number of nitrogens with one attached hydrogen (secondary N) is 1. The maximum Gasteiger partial charge on any atom is 2.00 e. The van der Waals surface area contributed by atoms with Crippen LogP contribution in [-0.4, -0.2) is 56.8 Å². The summed E-state index contributed by atoms with van der Waals surface area (Å²) in [5.41, 5.74) is 0. The van der Waals surface area contributed by atoms with Gasteiger partial charge in [0.05, 0.1) is 0 Å². The monoisotopic (exact) mass is 221 g/mol. The van der Waals surface area contributed by atoms with Crippen molar-refractivity contribution in [1.82, 2.24) is 4.72 Å². The van der Waals surface area contributed by atoms with E-state index in [0.29, 0.717) is 0 Å². The number of hydrogen-bond donors (Lipinski definition) is 2. The van der Waals surface area contributed by atoms with Gasteiger partial charge in [0, 0.05) is 6.04 Å². The second-order valence-corrected chi connectivity index (χ2v) is 4.11. The van der Waals surface area contributed by atoms with E-state index in [0.717, 1.165) is 25.7 Å². The molecular weight excluding hydrogens is 206 g/mol. The van der Waals surface area contributed by atoms with Crippen molar-refractivity contribution in [3.05, 3.63) is 0 Å². The molecule has 0 atom stereocenters. The van der Waals surface area contributed by atoms with Crippen LogP contribution in [0.4, 0.5) is 0 Å². The fourth-order valence-electron chi connectivity index (χ4n) is 1.43. The Morgan fingerprint density at radius 3 is 2.17 bits per heavy atom. The Balaban J connectivity index is -0.000000403. The number of hydrogen-bond acceptors (Lipinski definition) is 2. The molecule has 1 fully saturated rings. The minimum absolute atomic E-state index is 0. The molecule has 0 amide bonds. The molecule has 0 aliphatic heterocycles. The Morgan fingerprint density at radius 2 is 1.75 bits per heavy atom. The van der Waals surface area contributed by atoms with E-state index in [-0.39, 0.29) is 46.6 Å². The molecular formula is C6H15CaNO3S. The van der Waals surface area contributed by atoms with Gasteiger partial charge in [0.15, 0.2) is 0 Å². The van der Waals surface area contributed by atoms with Gasteiger partial charge in [-0.2, -0.15) is 13.1 Å². The molecule has 0 radical (unpaired) electrons. The van der Waals surface area contributed by atoms with E-state index in [2.05, 4.69) is 4.72 Å². The molecule has 0 spiro atoms. The Kier molecular flexibility index (Phi) is 6.32. The van der Waals surface area contributed by atoms with Crippen LogP contribution in [0.25, 0.3) is 0 Å². The minimum atomic E-state index is -3.97. The van der Waals surface area contributed by atoms with Gasteiger partial charge in [-0.3, -0.25) is 4.55 Å². The fraction of sp³-hybridized carbons (Fsp3) is 1.00. The van der Waals surface area contributed by atoms with E-state index in [1.807, 2.05) is 0 Å². The summed E-state index contributed by atoms with van der Waals surface area (Å²) in [6.07, 6.45) is 4.96. The van der Waals surface area contributed by atoms with Crippen LogP contribution in [0.3, 0.4) is 0 Å². The van der Waals surface area contributed by atoms with Crippen LogP contribution in [0, 0.1) is 0 Å². The topological polar surface area (TPSA) is 66.4 Å². The Labute approximate surface area is 106 Å². The van der Waals surface area contributed by atoms with Crippen LogP contribution in [-0.2, 0) is 10.3 Å². The largest absolute Gasteiger partial charge is 2.00 e. The van der Waals surface area contributed by atoms with Crippen molar-refractivity contribution in [1.29, 1.82) is 0 Å².